The van der Waals surface area contributed by atoms with Crippen LogP contribution in [-0.4, -0.2) is 20.9 Å². The van der Waals surface area contributed by atoms with Crippen molar-refractivity contribution in [1.82, 2.24) is 20.3 Å². The number of carbonyl (C=O) groups excluding carboxylic acids is 1. The maximum absolute atomic E-state index is 12.1. The van der Waals surface area contributed by atoms with Gasteiger partial charge in [0.1, 0.15) is 5.82 Å². The van der Waals surface area contributed by atoms with E-state index in [9.17, 15) is 4.79 Å². The van der Waals surface area contributed by atoms with Crippen molar-refractivity contribution in [2.75, 3.05) is 0 Å². The number of hydrogen-bond acceptors (Lipinski definition) is 4. The Labute approximate surface area is 170 Å². The summed E-state index contributed by atoms with van der Waals surface area (Å²) >= 11 is 0. The van der Waals surface area contributed by atoms with Crippen LogP contribution in [0.15, 0.2) is 54.9 Å². The lowest BCUT2D eigenvalue weighted by Crippen LogP contribution is -2.24. The van der Waals surface area contributed by atoms with Crippen LogP contribution in [0.1, 0.15) is 43.5 Å². The number of benzene rings is 1. The summed E-state index contributed by atoms with van der Waals surface area (Å²) in [7, 11) is 0. The lowest BCUT2D eigenvalue weighted by atomic mass is 10.0. The molecule has 2 fully saturated rings. The zero-order chi connectivity index (χ0) is 19.8. The van der Waals surface area contributed by atoms with Gasteiger partial charge in [-0.1, -0.05) is 37.3 Å². The van der Waals surface area contributed by atoms with Gasteiger partial charge in [0.15, 0.2) is 0 Å². The molecule has 0 saturated heterocycles. The van der Waals surface area contributed by atoms with Gasteiger partial charge in [0.05, 0.1) is 11.4 Å². The molecule has 1 aromatic carbocycles. The van der Waals surface area contributed by atoms with E-state index in [0.29, 0.717) is 18.4 Å². The highest BCUT2D eigenvalue weighted by atomic mass is 16.2. The van der Waals surface area contributed by atoms with Crippen LogP contribution >= 0.6 is 0 Å². The molecule has 2 aromatic heterocycles. The first-order valence-corrected chi connectivity index (χ1v) is 10.3. The van der Waals surface area contributed by atoms with Crippen LogP contribution in [0.5, 0.6) is 0 Å². The third kappa shape index (κ3) is 3.90. The minimum atomic E-state index is 0.170. The van der Waals surface area contributed by atoms with E-state index < -0.39 is 0 Å². The first-order chi connectivity index (χ1) is 14.2. The van der Waals surface area contributed by atoms with Crippen molar-refractivity contribution >= 4 is 5.91 Å². The molecule has 146 valence electrons. The van der Waals surface area contributed by atoms with E-state index in [4.69, 9.17) is 4.98 Å². The number of nitrogens with one attached hydrogen (secondary N) is 1. The molecule has 0 radical (unpaired) electrons. The normalized spacial score (nSPS) is 20.3. The van der Waals surface area contributed by atoms with Crippen molar-refractivity contribution in [3.05, 3.63) is 66.2 Å². The minimum Gasteiger partial charge on any atom is -0.352 e. The molecule has 1 N–H and O–H groups in total. The number of aromatic nitrogens is 3. The van der Waals surface area contributed by atoms with Crippen molar-refractivity contribution in [3.8, 4) is 22.5 Å². The maximum Gasteiger partial charge on any atom is 0.223 e. The summed E-state index contributed by atoms with van der Waals surface area (Å²) in [6, 6.07) is 14.2. The summed E-state index contributed by atoms with van der Waals surface area (Å²) in [5.41, 5.74) is 4.87. The molecule has 5 nitrogen and oxygen atoms in total. The van der Waals surface area contributed by atoms with Crippen LogP contribution < -0.4 is 5.32 Å². The van der Waals surface area contributed by atoms with Crippen molar-refractivity contribution in [2.45, 2.75) is 38.6 Å². The average Bonchev–Trinajstić information content (AvgIpc) is 3.69. The fourth-order valence-corrected chi connectivity index (χ4v) is 3.65. The number of hydrogen-bond donors (Lipinski definition) is 1. The highest BCUT2D eigenvalue weighted by molar-refractivity contribution is 5.81. The fourth-order valence-electron chi connectivity index (χ4n) is 3.65. The van der Waals surface area contributed by atoms with Crippen LogP contribution in [0.2, 0.25) is 0 Å². The third-order valence-corrected chi connectivity index (χ3v) is 5.83. The Morgan fingerprint density at radius 3 is 2.55 bits per heavy atom. The quantitative estimate of drug-likeness (QED) is 0.686. The predicted octanol–water partition coefficient (Wildman–Crippen LogP) is 4.36. The van der Waals surface area contributed by atoms with Gasteiger partial charge in [-0.2, -0.15) is 0 Å². The van der Waals surface area contributed by atoms with Crippen LogP contribution in [0.25, 0.3) is 22.5 Å². The molecule has 0 aliphatic heterocycles. The van der Waals surface area contributed by atoms with Crippen LogP contribution in [0.3, 0.4) is 0 Å². The second-order valence-electron chi connectivity index (χ2n) is 8.21. The van der Waals surface area contributed by atoms with Crippen molar-refractivity contribution < 1.29 is 4.79 Å². The number of carbonyl (C=O) groups is 1. The van der Waals surface area contributed by atoms with Gasteiger partial charge in [-0.15, -0.1) is 0 Å². The van der Waals surface area contributed by atoms with E-state index in [-0.39, 0.29) is 11.8 Å². The molecule has 2 saturated carbocycles. The monoisotopic (exact) mass is 384 g/mol. The molecule has 5 rings (SSSR count). The zero-order valence-electron chi connectivity index (χ0n) is 16.5. The number of amides is 1. The first-order valence-electron chi connectivity index (χ1n) is 10.3. The summed E-state index contributed by atoms with van der Waals surface area (Å²) in [6.07, 6.45) is 7.04. The van der Waals surface area contributed by atoms with E-state index >= 15 is 0 Å². The van der Waals surface area contributed by atoms with Gasteiger partial charge in [0.2, 0.25) is 5.91 Å². The fraction of sp³-hybridized carbons (Fsp3) is 0.333. The predicted molar refractivity (Wildman–Crippen MR) is 112 cm³/mol. The summed E-state index contributed by atoms with van der Waals surface area (Å²) in [5, 5.41) is 3.05. The standard InChI is InChI=1S/C24H24N4O/c1-15-12-19(15)24(29)27-13-16-5-7-17(8-6-16)22-20(21-4-2-3-11-25-21)14-26-23(28-22)18-9-10-18/h2-8,11,14-15,18-19H,9-10,12-13H2,1H3,(H,27,29)/t15-,19+/m0/s1. The molecule has 29 heavy (non-hydrogen) atoms. The van der Waals surface area contributed by atoms with Crippen molar-refractivity contribution in [3.63, 3.8) is 0 Å². The van der Waals surface area contributed by atoms with Gasteiger partial charge in [-0.25, -0.2) is 9.97 Å². The summed E-state index contributed by atoms with van der Waals surface area (Å²) in [4.78, 5) is 26.0. The van der Waals surface area contributed by atoms with E-state index in [2.05, 4.69) is 46.5 Å². The highest BCUT2D eigenvalue weighted by Crippen LogP contribution is 2.40. The molecule has 2 heterocycles. The molecule has 0 unspecified atom stereocenters. The zero-order valence-corrected chi connectivity index (χ0v) is 16.5. The van der Waals surface area contributed by atoms with Gasteiger partial charge < -0.3 is 5.32 Å². The van der Waals surface area contributed by atoms with Crippen molar-refractivity contribution in [2.24, 2.45) is 11.8 Å². The van der Waals surface area contributed by atoms with Gasteiger partial charge in [-0.05, 0) is 42.9 Å². The molecule has 3 aromatic rings. The molecular weight excluding hydrogens is 360 g/mol. The Hall–Kier alpha value is -3.08. The maximum atomic E-state index is 12.1. The average molecular weight is 384 g/mol. The second-order valence-corrected chi connectivity index (χ2v) is 8.21. The Balaban J connectivity index is 1.40. The van der Waals surface area contributed by atoms with Gasteiger partial charge in [0.25, 0.3) is 0 Å². The van der Waals surface area contributed by atoms with E-state index in [1.807, 2.05) is 24.4 Å². The summed E-state index contributed by atoms with van der Waals surface area (Å²) in [5.74, 6) is 2.32. The molecule has 0 spiro atoms. The largest absolute Gasteiger partial charge is 0.352 e. The van der Waals surface area contributed by atoms with Crippen LogP contribution in [0.4, 0.5) is 0 Å². The molecular formula is C24H24N4O. The van der Waals surface area contributed by atoms with Crippen LogP contribution in [-0.2, 0) is 11.3 Å². The first kappa shape index (κ1) is 18.0. The smallest absolute Gasteiger partial charge is 0.223 e. The molecule has 1 amide bonds. The Morgan fingerprint density at radius 2 is 1.90 bits per heavy atom. The van der Waals surface area contributed by atoms with Gasteiger partial charge in [0, 0.05) is 41.9 Å². The molecule has 0 bridgehead atoms. The molecule has 2 aliphatic rings. The Kier molecular flexibility index (Phi) is 4.58. The van der Waals surface area contributed by atoms with E-state index in [1.54, 1.807) is 6.20 Å². The van der Waals surface area contributed by atoms with E-state index in [1.165, 1.54) is 12.8 Å². The van der Waals surface area contributed by atoms with E-state index in [0.717, 1.165) is 40.3 Å². The van der Waals surface area contributed by atoms with Gasteiger partial charge in [-0.3, -0.25) is 9.78 Å². The minimum absolute atomic E-state index is 0.170. The topological polar surface area (TPSA) is 67.8 Å². The highest BCUT2D eigenvalue weighted by Gasteiger charge is 2.38. The van der Waals surface area contributed by atoms with Crippen molar-refractivity contribution in [1.29, 1.82) is 0 Å². The molecule has 5 heteroatoms. The second kappa shape index (κ2) is 7.39. The lowest BCUT2D eigenvalue weighted by Gasteiger charge is -2.11. The number of nitrogens with zero attached hydrogens (tertiary/aromatic N) is 3. The molecule has 2 aliphatic carbocycles. The molecule has 2 atom stereocenters. The summed E-state index contributed by atoms with van der Waals surface area (Å²) < 4.78 is 0. The lowest BCUT2D eigenvalue weighted by molar-refractivity contribution is -0.122. The van der Waals surface area contributed by atoms with Crippen LogP contribution in [0, 0.1) is 11.8 Å². The number of pyridine rings is 1. The SMILES string of the molecule is C[C@H]1C[C@H]1C(=O)NCc1ccc(-c2nc(C3CC3)ncc2-c2ccccn2)cc1. The number of rotatable bonds is 6. The summed E-state index contributed by atoms with van der Waals surface area (Å²) in [6.45, 7) is 2.68. The Morgan fingerprint density at radius 1 is 1.10 bits per heavy atom. The third-order valence-electron chi connectivity index (χ3n) is 5.83. The Bertz CT molecular complexity index is 1030. The van der Waals surface area contributed by atoms with Gasteiger partial charge >= 0.3 is 0 Å².